The minimum absolute atomic E-state index is 0.0299. The molecule has 0 bridgehead atoms. The van der Waals surface area contributed by atoms with E-state index in [1.807, 2.05) is 18.2 Å². The zero-order valence-electron chi connectivity index (χ0n) is 22.5. The Morgan fingerprint density at radius 1 is 0.897 bits per heavy atom. The van der Waals surface area contributed by atoms with Gasteiger partial charge in [0.25, 0.3) is 0 Å². The number of carboxylic acids is 2. The van der Waals surface area contributed by atoms with E-state index >= 15 is 0 Å². The van der Waals surface area contributed by atoms with Crippen LogP contribution in [0.4, 0.5) is 0 Å². The van der Waals surface area contributed by atoms with Crippen molar-refractivity contribution in [1.29, 1.82) is 0 Å². The number of likely N-dealkylation sites (tertiary alicyclic amines) is 1. The molecule has 1 amide bonds. The van der Waals surface area contributed by atoms with Crippen LogP contribution in [-0.4, -0.2) is 99.4 Å². The summed E-state index contributed by atoms with van der Waals surface area (Å²) in [6, 6.07) is 5.22. The fraction of sp³-hybridized carbons (Fsp3) is 0.667. The number of carboxylic acid groups (broad SMARTS) is 2. The van der Waals surface area contributed by atoms with E-state index in [9.17, 15) is 19.5 Å². The van der Waals surface area contributed by atoms with Crippen molar-refractivity contribution in [3.8, 4) is 11.5 Å². The van der Waals surface area contributed by atoms with E-state index in [0.29, 0.717) is 37.7 Å². The molecule has 12 heteroatoms. The van der Waals surface area contributed by atoms with Gasteiger partial charge in [0.2, 0.25) is 5.91 Å². The van der Waals surface area contributed by atoms with Crippen molar-refractivity contribution in [1.82, 2.24) is 10.2 Å². The maximum Gasteiger partial charge on any atom is 0.335 e. The average molecular weight is 555 g/mol. The maximum atomic E-state index is 12.5. The molecule has 2 aliphatic heterocycles. The molecule has 0 spiro atoms. The monoisotopic (exact) mass is 554 g/mol. The molecule has 12 nitrogen and oxygen atoms in total. The van der Waals surface area contributed by atoms with E-state index < -0.39 is 30.3 Å². The molecule has 1 aromatic carbocycles. The van der Waals surface area contributed by atoms with Crippen molar-refractivity contribution in [2.45, 2.75) is 82.6 Å². The minimum atomic E-state index is -2.27. The maximum absolute atomic E-state index is 12.5. The van der Waals surface area contributed by atoms with E-state index in [1.54, 1.807) is 0 Å². The predicted molar refractivity (Wildman–Crippen MR) is 141 cm³/mol. The number of nitrogens with zero attached hydrogens (tertiary/aromatic N) is 1. The SMILES string of the molecule is CCCCCCCC(=O)N[C@@H](CN1CCCC1)[C@@H](O)c1ccc2c(c1)OCCO2.O=C(O)[C@H](O)[C@@H](O)C(=O)O. The highest BCUT2D eigenvalue weighted by Gasteiger charge is 2.29. The van der Waals surface area contributed by atoms with Crippen LogP contribution in [0.1, 0.15) is 70.0 Å². The Bertz CT molecular complexity index is 904. The molecule has 1 aromatic rings. The second-order valence-electron chi connectivity index (χ2n) is 9.76. The molecule has 4 atom stereocenters. The molecule has 0 radical (unpaired) electrons. The lowest BCUT2D eigenvalue weighted by Gasteiger charge is -2.29. The van der Waals surface area contributed by atoms with E-state index in [0.717, 1.165) is 31.5 Å². The van der Waals surface area contributed by atoms with Crippen LogP contribution in [0.15, 0.2) is 18.2 Å². The van der Waals surface area contributed by atoms with Gasteiger partial charge in [-0.05, 0) is 50.0 Å². The van der Waals surface area contributed by atoms with Crippen molar-refractivity contribution < 1.29 is 49.4 Å². The zero-order valence-corrected chi connectivity index (χ0v) is 22.5. The lowest BCUT2D eigenvalue weighted by atomic mass is 10.0. The van der Waals surface area contributed by atoms with Gasteiger partial charge in [-0.25, -0.2) is 9.59 Å². The van der Waals surface area contributed by atoms with Crippen LogP contribution >= 0.6 is 0 Å². The van der Waals surface area contributed by atoms with E-state index in [-0.39, 0.29) is 11.9 Å². The molecule has 1 fully saturated rings. The first-order chi connectivity index (χ1) is 18.6. The molecule has 3 rings (SSSR count). The Kier molecular flexibility index (Phi) is 14.0. The number of fused-ring (bicyclic) bond motifs is 1. The molecule has 0 unspecified atom stereocenters. The Morgan fingerprint density at radius 2 is 1.49 bits per heavy atom. The Labute approximate surface area is 228 Å². The van der Waals surface area contributed by atoms with Crippen LogP contribution in [0.25, 0.3) is 0 Å². The van der Waals surface area contributed by atoms with Gasteiger partial charge in [-0.1, -0.05) is 38.7 Å². The third-order valence-corrected chi connectivity index (χ3v) is 6.60. The smallest absolute Gasteiger partial charge is 0.335 e. The summed E-state index contributed by atoms with van der Waals surface area (Å²) in [4.78, 5) is 34.4. The molecule has 2 heterocycles. The number of rotatable bonds is 14. The quantitative estimate of drug-likeness (QED) is 0.182. The van der Waals surface area contributed by atoms with Gasteiger partial charge in [-0.3, -0.25) is 4.79 Å². The van der Waals surface area contributed by atoms with Crippen molar-refractivity contribution in [2.75, 3.05) is 32.8 Å². The fourth-order valence-electron chi connectivity index (χ4n) is 4.38. The Morgan fingerprint density at radius 3 is 2.08 bits per heavy atom. The number of carbonyl (C=O) groups is 3. The van der Waals surface area contributed by atoms with Crippen molar-refractivity contribution >= 4 is 17.8 Å². The number of benzene rings is 1. The molecule has 6 N–H and O–H groups in total. The number of ether oxygens (including phenoxy) is 2. The first-order valence-electron chi connectivity index (χ1n) is 13.5. The normalized spacial score (nSPS) is 17.7. The summed E-state index contributed by atoms with van der Waals surface area (Å²) in [5, 5.41) is 46.7. The van der Waals surface area contributed by atoms with Gasteiger partial charge in [-0.15, -0.1) is 0 Å². The van der Waals surface area contributed by atoms with Gasteiger partial charge < -0.3 is 45.2 Å². The molecule has 39 heavy (non-hydrogen) atoms. The van der Waals surface area contributed by atoms with Crippen molar-refractivity contribution in [3.05, 3.63) is 23.8 Å². The summed E-state index contributed by atoms with van der Waals surface area (Å²) >= 11 is 0. The number of aliphatic hydroxyl groups is 3. The van der Waals surface area contributed by atoms with Crippen LogP contribution in [0.3, 0.4) is 0 Å². The number of aliphatic carboxylic acids is 2. The second kappa shape index (κ2) is 16.9. The topological polar surface area (TPSA) is 186 Å². The molecule has 0 aromatic heterocycles. The van der Waals surface area contributed by atoms with Crippen LogP contribution in [0.2, 0.25) is 0 Å². The van der Waals surface area contributed by atoms with Crippen molar-refractivity contribution in [3.63, 3.8) is 0 Å². The molecule has 2 aliphatic rings. The van der Waals surface area contributed by atoms with Gasteiger partial charge >= 0.3 is 11.9 Å². The van der Waals surface area contributed by atoms with Gasteiger partial charge in [0, 0.05) is 13.0 Å². The van der Waals surface area contributed by atoms with E-state index in [4.69, 9.17) is 29.9 Å². The molecule has 1 saturated heterocycles. The molecular weight excluding hydrogens is 512 g/mol. The van der Waals surface area contributed by atoms with Crippen LogP contribution in [-0.2, 0) is 14.4 Å². The predicted octanol–water partition coefficient (Wildman–Crippen LogP) is 1.31. The van der Waals surface area contributed by atoms with Crippen molar-refractivity contribution in [2.24, 2.45) is 0 Å². The number of unbranched alkanes of at least 4 members (excludes halogenated alkanes) is 4. The number of hydrogen-bond acceptors (Lipinski definition) is 9. The first kappa shape index (κ1) is 32.3. The third kappa shape index (κ3) is 11.0. The van der Waals surface area contributed by atoms with Gasteiger partial charge in [0.05, 0.1) is 6.04 Å². The van der Waals surface area contributed by atoms with Crippen LogP contribution in [0.5, 0.6) is 11.5 Å². The zero-order chi connectivity index (χ0) is 28.8. The lowest BCUT2D eigenvalue weighted by Crippen LogP contribution is -2.46. The van der Waals surface area contributed by atoms with E-state index in [2.05, 4.69) is 17.1 Å². The van der Waals surface area contributed by atoms with Gasteiger partial charge in [-0.2, -0.15) is 0 Å². The Balaban J connectivity index is 0.000000455. The summed E-state index contributed by atoms with van der Waals surface area (Å²) in [6.07, 6.45) is 3.16. The summed E-state index contributed by atoms with van der Waals surface area (Å²) in [7, 11) is 0. The number of carbonyl (C=O) groups excluding carboxylic acids is 1. The first-order valence-corrected chi connectivity index (χ1v) is 13.5. The number of aliphatic hydroxyl groups excluding tert-OH is 3. The molecule has 0 saturated carbocycles. The molecule has 220 valence electrons. The van der Waals surface area contributed by atoms with Crippen LogP contribution < -0.4 is 14.8 Å². The average Bonchev–Trinajstić information content (AvgIpc) is 3.44. The van der Waals surface area contributed by atoms with E-state index in [1.165, 1.54) is 32.1 Å². The summed E-state index contributed by atoms with van der Waals surface area (Å²) in [6.45, 7) is 5.96. The summed E-state index contributed by atoms with van der Waals surface area (Å²) < 4.78 is 11.2. The highest BCUT2D eigenvalue weighted by atomic mass is 16.6. The lowest BCUT2D eigenvalue weighted by molar-refractivity contribution is -0.165. The van der Waals surface area contributed by atoms with Crippen LogP contribution in [0, 0.1) is 0 Å². The minimum Gasteiger partial charge on any atom is -0.486 e. The molecule has 0 aliphatic carbocycles. The number of nitrogens with one attached hydrogen (secondary N) is 1. The summed E-state index contributed by atoms with van der Waals surface area (Å²) in [5.74, 6) is -2.14. The fourth-order valence-corrected chi connectivity index (χ4v) is 4.38. The standard InChI is InChI=1S/C23H36N2O4.C4H6O6/c1-2-3-4-5-6-9-22(26)24-19(17-25-12-7-8-13-25)23(27)18-10-11-20-21(16-18)29-15-14-28-20;5-1(3(7)8)2(6)4(9)10/h10-11,16,19,23,27H,2-9,12-15,17H2,1H3,(H,24,26);1-2,5-6H,(H,7,8)(H,9,10)/t19-,23-;1-,2-/m01/s1. The third-order valence-electron chi connectivity index (χ3n) is 6.60. The second-order valence-corrected chi connectivity index (χ2v) is 9.76. The number of hydrogen-bond donors (Lipinski definition) is 6. The van der Waals surface area contributed by atoms with Gasteiger partial charge in [0.15, 0.2) is 23.7 Å². The largest absolute Gasteiger partial charge is 0.486 e. The highest BCUT2D eigenvalue weighted by Crippen LogP contribution is 2.33. The summed E-state index contributed by atoms with van der Waals surface area (Å²) in [5.41, 5.74) is 0.752. The highest BCUT2D eigenvalue weighted by molar-refractivity contribution is 5.83. The van der Waals surface area contributed by atoms with Gasteiger partial charge in [0.1, 0.15) is 19.3 Å². The number of amides is 1. The molecular formula is C27H42N2O10. The Hall–Kier alpha value is -2.93.